The highest BCUT2D eigenvalue weighted by molar-refractivity contribution is 5.95. The van der Waals surface area contributed by atoms with E-state index in [1.165, 1.54) is 25.7 Å². The van der Waals surface area contributed by atoms with Crippen molar-refractivity contribution in [1.29, 1.82) is 0 Å². The Labute approximate surface area is 119 Å². The van der Waals surface area contributed by atoms with E-state index >= 15 is 0 Å². The molecule has 1 heterocycles. The highest BCUT2D eigenvalue weighted by Gasteiger charge is 2.42. The van der Waals surface area contributed by atoms with Gasteiger partial charge in [0.25, 0.3) is 5.91 Å². The largest absolute Gasteiger partial charge is 0.347 e. The molecule has 0 saturated heterocycles. The van der Waals surface area contributed by atoms with Crippen LogP contribution in [0.15, 0.2) is 18.3 Å². The first-order valence-corrected chi connectivity index (χ1v) is 7.24. The molecule has 0 bridgehead atoms. The van der Waals surface area contributed by atoms with Crippen LogP contribution < -0.4 is 11.1 Å². The average Bonchev–Trinajstić information content (AvgIpc) is 3.35. The van der Waals surface area contributed by atoms with Crippen molar-refractivity contribution in [1.82, 2.24) is 10.3 Å². The molecule has 104 valence electrons. The number of aromatic nitrogens is 1. The van der Waals surface area contributed by atoms with Crippen molar-refractivity contribution in [2.45, 2.75) is 31.7 Å². The van der Waals surface area contributed by atoms with Crippen LogP contribution in [-0.4, -0.2) is 23.5 Å². The third-order valence-electron chi connectivity index (χ3n) is 3.91. The van der Waals surface area contributed by atoms with Gasteiger partial charge in [0.1, 0.15) is 5.69 Å². The minimum atomic E-state index is -0.101. The van der Waals surface area contributed by atoms with Gasteiger partial charge >= 0.3 is 0 Å². The quantitative estimate of drug-likeness (QED) is 0.810. The molecule has 0 aromatic carbocycles. The predicted molar refractivity (Wildman–Crippen MR) is 76.9 cm³/mol. The summed E-state index contributed by atoms with van der Waals surface area (Å²) in [6.45, 7) is 0.280. The van der Waals surface area contributed by atoms with E-state index in [0.717, 1.165) is 0 Å². The summed E-state index contributed by atoms with van der Waals surface area (Å²) < 4.78 is 0. The Bertz CT molecular complexity index is 553. The number of pyridine rings is 1. The highest BCUT2D eigenvalue weighted by Crippen LogP contribution is 2.44. The molecule has 2 aliphatic carbocycles. The molecule has 2 fully saturated rings. The summed E-state index contributed by atoms with van der Waals surface area (Å²) in [5.41, 5.74) is 6.45. The molecule has 0 unspecified atom stereocenters. The maximum absolute atomic E-state index is 12.4. The fourth-order valence-electron chi connectivity index (χ4n) is 2.58. The second-order valence-electron chi connectivity index (χ2n) is 5.58. The Morgan fingerprint density at radius 2 is 2.10 bits per heavy atom. The van der Waals surface area contributed by atoms with Crippen molar-refractivity contribution >= 4 is 5.91 Å². The standard InChI is InChI=1S/C16H19N3O/c17-9-1-3-11-4-2-10-18-15(11)16(20)19-14(12-5-6-12)13-7-8-13/h2,4,10,12-14H,5-9,17H2,(H,19,20). The number of nitrogens with two attached hydrogens (primary N) is 1. The number of nitrogens with zero attached hydrogens (tertiary/aromatic N) is 1. The van der Waals surface area contributed by atoms with Gasteiger partial charge in [0.2, 0.25) is 0 Å². The number of carbonyl (C=O) groups excluding carboxylic acids is 1. The van der Waals surface area contributed by atoms with Crippen LogP contribution in [0, 0.1) is 23.7 Å². The monoisotopic (exact) mass is 269 g/mol. The Hall–Kier alpha value is -1.86. The summed E-state index contributed by atoms with van der Waals surface area (Å²) in [7, 11) is 0. The molecule has 1 aromatic rings. The minimum absolute atomic E-state index is 0.101. The van der Waals surface area contributed by atoms with E-state index in [2.05, 4.69) is 22.1 Å². The molecule has 3 rings (SSSR count). The van der Waals surface area contributed by atoms with E-state index in [-0.39, 0.29) is 12.5 Å². The first-order chi connectivity index (χ1) is 9.79. The molecule has 0 aliphatic heterocycles. The molecule has 20 heavy (non-hydrogen) atoms. The Balaban J connectivity index is 1.76. The van der Waals surface area contributed by atoms with Gasteiger partial charge in [0.15, 0.2) is 0 Å². The van der Waals surface area contributed by atoms with Gasteiger partial charge in [0.05, 0.1) is 12.1 Å². The Morgan fingerprint density at radius 1 is 1.40 bits per heavy atom. The smallest absolute Gasteiger partial charge is 0.271 e. The van der Waals surface area contributed by atoms with E-state index < -0.39 is 0 Å². The lowest BCUT2D eigenvalue weighted by molar-refractivity contribution is 0.0921. The summed E-state index contributed by atoms with van der Waals surface area (Å²) in [5.74, 6) is 6.95. The fraction of sp³-hybridized carbons (Fsp3) is 0.500. The fourth-order valence-corrected chi connectivity index (χ4v) is 2.58. The van der Waals surface area contributed by atoms with Crippen LogP contribution in [0.2, 0.25) is 0 Å². The second-order valence-corrected chi connectivity index (χ2v) is 5.58. The number of hydrogen-bond donors (Lipinski definition) is 2. The summed E-state index contributed by atoms with van der Waals surface area (Å²) >= 11 is 0. The highest BCUT2D eigenvalue weighted by atomic mass is 16.2. The topological polar surface area (TPSA) is 68.0 Å². The van der Waals surface area contributed by atoms with Crippen molar-refractivity contribution in [3.05, 3.63) is 29.6 Å². The summed E-state index contributed by atoms with van der Waals surface area (Å²) in [6, 6.07) is 3.93. The van der Waals surface area contributed by atoms with E-state index in [4.69, 9.17) is 5.73 Å². The number of rotatable bonds is 4. The van der Waals surface area contributed by atoms with Gasteiger partial charge in [-0.25, -0.2) is 4.98 Å². The molecule has 3 N–H and O–H groups in total. The summed E-state index contributed by atoms with van der Waals surface area (Å²) in [6.07, 6.45) is 6.59. The van der Waals surface area contributed by atoms with Gasteiger partial charge in [-0.15, -0.1) is 0 Å². The Morgan fingerprint density at radius 3 is 2.70 bits per heavy atom. The molecule has 1 aromatic heterocycles. The van der Waals surface area contributed by atoms with Crippen LogP contribution in [0.5, 0.6) is 0 Å². The second kappa shape index (κ2) is 5.64. The normalized spacial score (nSPS) is 17.5. The number of amides is 1. The zero-order chi connectivity index (χ0) is 13.9. The van der Waals surface area contributed by atoms with Crippen LogP contribution in [-0.2, 0) is 0 Å². The van der Waals surface area contributed by atoms with Gasteiger partial charge in [-0.1, -0.05) is 11.8 Å². The van der Waals surface area contributed by atoms with Crippen LogP contribution >= 0.6 is 0 Å². The summed E-state index contributed by atoms with van der Waals surface area (Å²) in [4.78, 5) is 16.6. The average molecular weight is 269 g/mol. The first kappa shape index (κ1) is 13.1. The van der Waals surface area contributed by atoms with Gasteiger partial charge in [-0.2, -0.15) is 0 Å². The molecular formula is C16H19N3O. The first-order valence-electron chi connectivity index (χ1n) is 7.24. The summed E-state index contributed by atoms with van der Waals surface area (Å²) in [5, 5.41) is 3.17. The van der Waals surface area contributed by atoms with Gasteiger partial charge in [-0.05, 0) is 49.7 Å². The lowest BCUT2D eigenvalue weighted by Gasteiger charge is -2.17. The van der Waals surface area contributed by atoms with E-state index in [0.29, 0.717) is 29.1 Å². The van der Waals surface area contributed by atoms with Gasteiger partial charge in [-0.3, -0.25) is 4.79 Å². The Kier molecular flexibility index (Phi) is 3.70. The van der Waals surface area contributed by atoms with Crippen molar-refractivity contribution in [2.75, 3.05) is 6.54 Å². The van der Waals surface area contributed by atoms with Gasteiger partial charge in [0, 0.05) is 12.2 Å². The van der Waals surface area contributed by atoms with Gasteiger partial charge < -0.3 is 11.1 Å². The maximum atomic E-state index is 12.4. The van der Waals surface area contributed by atoms with Crippen molar-refractivity contribution in [2.24, 2.45) is 17.6 Å². The molecule has 2 saturated carbocycles. The molecule has 4 heteroatoms. The molecular weight excluding hydrogens is 250 g/mol. The third-order valence-corrected chi connectivity index (χ3v) is 3.91. The minimum Gasteiger partial charge on any atom is -0.347 e. The molecule has 2 aliphatic rings. The van der Waals surface area contributed by atoms with Crippen LogP contribution in [0.1, 0.15) is 41.7 Å². The van der Waals surface area contributed by atoms with Crippen molar-refractivity contribution < 1.29 is 4.79 Å². The van der Waals surface area contributed by atoms with E-state index in [1.54, 1.807) is 12.3 Å². The zero-order valence-corrected chi connectivity index (χ0v) is 11.4. The lowest BCUT2D eigenvalue weighted by Crippen LogP contribution is -2.38. The van der Waals surface area contributed by atoms with Crippen LogP contribution in [0.25, 0.3) is 0 Å². The molecule has 0 radical (unpaired) electrons. The third kappa shape index (κ3) is 3.00. The van der Waals surface area contributed by atoms with Crippen molar-refractivity contribution in [3.63, 3.8) is 0 Å². The van der Waals surface area contributed by atoms with Crippen molar-refractivity contribution in [3.8, 4) is 11.8 Å². The van der Waals surface area contributed by atoms with Crippen LogP contribution in [0.4, 0.5) is 0 Å². The number of carbonyl (C=O) groups is 1. The van der Waals surface area contributed by atoms with E-state index in [9.17, 15) is 4.79 Å². The molecule has 0 atom stereocenters. The molecule has 1 amide bonds. The lowest BCUT2D eigenvalue weighted by atomic mass is 10.1. The number of hydrogen-bond acceptors (Lipinski definition) is 3. The zero-order valence-electron chi connectivity index (χ0n) is 11.4. The number of nitrogens with one attached hydrogen (secondary N) is 1. The maximum Gasteiger partial charge on any atom is 0.271 e. The SMILES string of the molecule is NCC#Cc1cccnc1C(=O)NC(C1CC1)C1CC1. The molecule has 4 nitrogen and oxygen atoms in total. The predicted octanol–water partition coefficient (Wildman–Crippen LogP) is 1.31. The molecule has 0 spiro atoms. The van der Waals surface area contributed by atoms with E-state index in [1.807, 2.05) is 6.07 Å². The van der Waals surface area contributed by atoms with Crippen LogP contribution in [0.3, 0.4) is 0 Å².